The van der Waals surface area contributed by atoms with Crippen molar-refractivity contribution in [3.8, 4) is 11.5 Å². The van der Waals surface area contributed by atoms with Crippen LogP contribution in [0.1, 0.15) is 16.1 Å². The van der Waals surface area contributed by atoms with E-state index in [9.17, 15) is 4.79 Å². The van der Waals surface area contributed by atoms with Gasteiger partial charge in [0.1, 0.15) is 28.2 Å². The van der Waals surface area contributed by atoms with Crippen molar-refractivity contribution in [1.82, 2.24) is 15.3 Å². The second kappa shape index (κ2) is 7.63. The summed E-state index contributed by atoms with van der Waals surface area (Å²) in [5.74, 6) is 1.82. The summed E-state index contributed by atoms with van der Waals surface area (Å²) in [7, 11) is 3.56. The standard InChI is InChI=1S/C22H21N5O2/c1-14-4-6-15(7-5-14)25-22-26-18-12-16(8-9-20(18)27(22)3)29-17-10-11-24-19(13-17)21(28)23-2/h4-13H,1-3H3,(H2,23,25,26,28)/p+1. The summed E-state index contributed by atoms with van der Waals surface area (Å²) < 4.78 is 7.98. The van der Waals surface area contributed by atoms with Gasteiger partial charge in [-0.05, 0) is 37.3 Å². The van der Waals surface area contributed by atoms with Gasteiger partial charge in [-0.15, -0.1) is 0 Å². The highest BCUT2D eigenvalue weighted by molar-refractivity contribution is 5.92. The van der Waals surface area contributed by atoms with E-state index < -0.39 is 0 Å². The number of imidazole rings is 1. The molecule has 1 amide bonds. The van der Waals surface area contributed by atoms with Crippen LogP contribution in [0.2, 0.25) is 0 Å². The van der Waals surface area contributed by atoms with E-state index >= 15 is 0 Å². The fraction of sp³-hybridized carbons (Fsp3) is 0.136. The lowest BCUT2D eigenvalue weighted by atomic mass is 10.2. The molecule has 0 radical (unpaired) electrons. The molecule has 0 unspecified atom stereocenters. The molecule has 0 aliphatic heterocycles. The molecule has 0 fully saturated rings. The Labute approximate surface area is 168 Å². The van der Waals surface area contributed by atoms with Gasteiger partial charge in [0.15, 0.2) is 0 Å². The van der Waals surface area contributed by atoms with Gasteiger partial charge >= 0.3 is 5.95 Å². The minimum atomic E-state index is -0.255. The van der Waals surface area contributed by atoms with Crippen LogP contribution in [0.4, 0.5) is 11.6 Å². The van der Waals surface area contributed by atoms with Gasteiger partial charge in [-0.1, -0.05) is 17.7 Å². The van der Waals surface area contributed by atoms with Gasteiger partial charge < -0.3 is 10.1 Å². The molecule has 0 aliphatic carbocycles. The predicted molar refractivity (Wildman–Crippen MR) is 112 cm³/mol. The van der Waals surface area contributed by atoms with Crippen LogP contribution in [0.5, 0.6) is 11.5 Å². The first-order valence-corrected chi connectivity index (χ1v) is 9.25. The zero-order valence-corrected chi connectivity index (χ0v) is 16.5. The molecule has 7 heteroatoms. The average Bonchev–Trinajstić information content (AvgIpc) is 3.04. The number of benzene rings is 2. The molecule has 3 N–H and O–H groups in total. The maximum Gasteiger partial charge on any atom is 0.360 e. The van der Waals surface area contributed by atoms with Gasteiger partial charge in [0.2, 0.25) is 0 Å². The van der Waals surface area contributed by atoms with Crippen LogP contribution in [0.25, 0.3) is 11.0 Å². The van der Waals surface area contributed by atoms with Crippen LogP contribution < -0.4 is 19.9 Å². The summed E-state index contributed by atoms with van der Waals surface area (Å²) in [6.45, 7) is 2.06. The molecule has 146 valence electrons. The van der Waals surface area contributed by atoms with E-state index in [1.165, 1.54) is 5.56 Å². The third kappa shape index (κ3) is 3.89. The summed E-state index contributed by atoms with van der Waals surface area (Å²) in [5, 5.41) is 5.96. The Morgan fingerprint density at radius 2 is 1.83 bits per heavy atom. The molecule has 29 heavy (non-hydrogen) atoms. The monoisotopic (exact) mass is 388 g/mol. The molecular weight excluding hydrogens is 366 g/mol. The molecule has 0 atom stereocenters. The second-order valence-corrected chi connectivity index (χ2v) is 6.76. The Morgan fingerprint density at radius 3 is 2.59 bits per heavy atom. The Kier molecular flexibility index (Phi) is 4.87. The number of fused-ring (bicyclic) bond motifs is 1. The number of nitrogens with one attached hydrogen (secondary N) is 3. The highest BCUT2D eigenvalue weighted by Gasteiger charge is 2.16. The van der Waals surface area contributed by atoms with Crippen molar-refractivity contribution < 1.29 is 14.1 Å². The molecule has 0 aliphatic rings. The van der Waals surface area contributed by atoms with Gasteiger partial charge in [-0.3, -0.25) is 9.78 Å². The first-order chi connectivity index (χ1) is 14.0. The topological polar surface area (TPSA) is 82.9 Å². The van der Waals surface area contributed by atoms with Crippen LogP contribution in [-0.2, 0) is 7.05 Å². The number of anilines is 2. The zero-order valence-electron chi connectivity index (χ0n) is 16.5. The van der Waals surface area contributed by atoms with Gasteiger partial charge in [0, 0.05) is 25.4 Å². The second-order valence-electron chi connectivity index (χ2n) is 6.76. The fourth-order valence-corrected chi connectivity index (χ4v) is 3.05. The summed E-state index contributed by atoms with van der Waals surface area (Å²) in [6, 6.07) is 17.4. The summed E-state index contributed by atoms with van der Waals surface area (Å²) in [5.41, 5.74) is 4.50. The third-order valence-electron chi connectivity index (χ3n) is 4.66. The SMILES string of the molecule is CNC(=O)c1cc(Oc2ccc3c(c2)[nH]c(Nc2ccc(C)cc2)[n+]3C)ccn1. The number of amides is 1. The van der Waals surface area contributed by atoms with E-state index in [0.717, 1.165) is 22.7 Å². The van der Waals surface area contributed by atoms with Gasteiger partial charge in [-0.2, -0.15) is 0 Å². The van der Waals surface area contributed by atoms with Crippen molar-refractivity contribution in [3.05, 3.63) is 72.1 Å². The molecule has 4 rings (SSSR count). The van der Waals surface area contributed by atoms with Crippen LogP contribution >= 0.6 is 0 Å². The number of hydrogen-bond donors (Lipinski definition) is 3. The number of ether oxygens (including phenoxy) is 1. The van der Waals surface area contributed by atoms with E-state index in [-0.39, 0.29) is 5.91 Å². The van der Waals surface area contributed by atoms with Crippen LogP contribution in [-0.4, -0.2) is 22.9 Å². The number of aromatic nitrogens is 3. The number of carbonyl (C=O) groups excluding carboxylic acids is 1. The average molecular weight is 388 g/mol. The molecule has 0 spiro atoms. The van der Waals surface area contributed by atoms with Gasteiger partial charge in [-0.25, -0.2) is 14.9 Å². The Morgan fingerprint density at radius 1 is 1.07 bits per heavy atom. The van der Waals surface area contributed by atoms with Crippen LogP contribution in [0.15, 0.2) is 60.8 Å². The minimum Gasteiger partial charge on any atom is -0.457 e. The summed E-state index contributed by atoms with van der Waals surface area (Å²) in [4.78, 5) is 19.2. The van der Waals surface area contributed by atoms with Crippen molar-refractivity contribution in [3.63, 3.8) is 0 Å². The normalized spacial score (nSPS) is 10.7. The number of hydrogen-bond acceptors (Lipinski definition) is 4. The molecular formula is C22H22N5O2+. The third-order valence-corrected chi connectivity index (χ3v) is 4.66. The lowest BCUT2D eigenvalue weighted by Crippen LogP contribution is -2.29. The van der Waals surface area contributed by atoms with E-state index in [0.29, 0.717) is 17.2 Å². The predicted octanol–water partition coefficient (Wildman–Crippen LogP) is 3.59. The number of rotatable bonds is 5. The lowest BCUT2D eigenvalue weighted by Gasteiger charge is -2.06. The summed E-state index contributed by atoms with van der Waals surface area (Å²) in [6.07, 6.45) is 1.55. The van der Waals surface area contributed by atoms with E-state index in [1.54, 1.807) is 25.4 Å². The van der Waals surface area contributed by atoms with Gasteiger partial charge in [0.25, 0.3) is 5.91 Å². The van der Waals surface area contributed by atoms with Crippen molar-refractivity contribution in [2.75, 3.05) is 12.4 Å². The molecule has 2 aromatic carbocycles. The number of aromatic amines is 1. The highest BCUT2D eigenvalue weighted by atomic mass is 16.5. The highest BCUT2D eigenvalue weighted by Crippen LogP contribution is 2.25. The minimum absolute atomic E-state index is 0.255. The van der Waals surface area contributed by atoms with Crippen molar-refractivity contribution in [1.29, 1.82) is 0 Å². The molecule has 2 heterocycles. The number of aryl methyl sites for hydroxylation is 2. The Balaban J connectivity index is 1.59. The quantitative estimate of drug-likeness (QED) is 0.456. The molecule has 0 bridgehead atoms. The molecule has 0 saturated carbocycles. The Bertz CT molecular complexity index is 1180. The molecule has 2 aromatic heterocycles. The van der Waals surface area contributed by atoms with Gasteiger partial charge in [0.05, 0.1) is 12.7 Å². The van der Waals surface area contributed by atoms with Crippen LogP contribution in [0.3, 0.4) is 0 Å². The Hall–Kier alpha value is -3.87. The first kappa shape index (κ1) is 18.5. The number of pyridine rings is 1. The van der Waals surface area contributed by atoms with E-state index in [4.69, 9.17) is 4.74 Å². The number of H-pyrrole nitrogens is 1. The first-order valence-electron chi connectivity index (χ1n) is 9.25. The smallest absolute Gasteiger partial charge is 0.360 e. The zero-order chi connectivity index (χ0) is 20.4. The van der Waals surface area contributed by atoms with E-state index in [2.05, 4.69) is 44.2 Å². The van der Waals surface area contributed by atoms with Crippen molar-refractivity contribution in [2.24, 2.45) is 7.05 Å². The largest absolute Gasteiger partial charge is 0.457 e. The maximum absolute atomic E-state index is 11.8. The van der Waals surface area contributed by atoms with Crippen molar-refractivity contribution >= 4 is 28.6 Å². The molecule has 0 saturated heterocycles. The van der Waals surface area contributed by atoms with E-state index in [1.807, 2.05) is 37.4 Å². The maximum atomic E-state index is 11.8. The molecule has 7 nitrogen and oxygen atoms in total. The fourth-order valence-electron chi connectivity index (χ4n) is 3.05. The van der Waals surface area contributed by atoms with Crippen molar-refractivity contribution in [2.45, 2.75) is 6.92 Å². The lowest BCUT2D eigenvalue weighted by molar-refractivity contribution is -0.629. The van der Waals surface area contributed by atoms with Crippen LogP contribution in [0, 0.1) is 6.92 Å². The molecule has 4 aromatic rings. The number of nitrogens with zero attached hydrogens (tertiary/aromatic N) is 2. The number of carbonyl (C=O) groups is 1. The summed E-state index contributed by atoms with van der Waals surface area (Å²) >= 11 is 0.